The lowest BCUT2D eigenvalue weighted by molar-refractivity contribution is 0.579. The molecule has 0 aliphatic heterocycles. The van der Waals surface area contributed by atoms with Crippen LogP contribution in [-0.4, -0.2) is 26.7 Å². The Hall–Kier alpha value is -2.68. The van der Waals surface area contributed by atoms with E-state index in [4.69, 9.17) is 0 Å². The van der Waals surface area contributed by atoms with E-state index >= 15 is 0 Å². The Morgan fingerprint density at radius 2 is 1.69 bits per heavy atom. The summed E-state index contributed by atoms with van der Waals surface area (Å²) in [5.74, 6) is 0. The molecule has 0 saturated heterocycles. The summed E-state index contributed by atoms with van der Waals surface area (Å²) in [5, 5.41) is 4.09. The lowest BCUT2D eigenvalue weighted by atomic mass is 9.92. The minimum Gasteiger partial charge on any atom is -0.279 e. The highest BCUT2D eigenvalue weighted by molar-refractivity contribution is 7.89. The van der Waals surface area contributed by atoms with Gasteiger partial charge in [0.1, 0.15) is 5.39 Å². The molecule has 9 heteroatoms. The summed E-state index contributed by atoms with van der Waals surface area (Å²) in [6.07, 6.45) is 5.14. The molecule has 2 aromatic heterocycles. The number of aromatic nitrogens is 4. The van der Waals surface area contributed by atoms with Gasteiger partial charge in [-0.25, -0.2) is 4.79 Å². The van der Waals surface area contributed by atoms with E-state index < -0.39 is 21.3 Å². The van der Waals surface area contributed by atoms with Crippen LogP contribution >= 0.6 is 0 Å². The van der Waals surface area contributed by atoms with Crippen molar-refractivity contribution in [2.75, 3.05) is 0 Å². The summed E-state index contributed by atoms with van der Waals surface area (Å²) < 4.78 is 28.8. The van der Waals surface area contributed by atoms with E-state index in [9.17, 15) is 18.0 Å². The maximum absolute atomic E-state index is 13.0. The molecule has 0 spiro atoms. The van der Waals surface area contributed by atoms with E-state index in [2.05, 4.69) is 5.10 Å². The predicted molar refractivity (Wildman–Crippen MR) is 95.9 cm³/mol. The van der Waals surface area contributed by atoms with E-state index in [-0.39, 0.29) is 15.9 Å². The van der Waals surface area contributed by atoms with Crippen LogP contribution < -0.4 is 11.2 Å². The molecule has 1 aliphatic carbocycles. The van der Waals surface area contributed by atoms with Gasteiger partial charge in [0, 0.05) is 14.1 Å². The molecule has 4 rings (SSSR count). The number of nitrogens with zero attached hydrogens (tertiary/aromatic N) is 4. The maximum Gasteiger partial charge on any atom is 0.332 e. The molecule has 0 amide bonds. The van der Waals surface area contributed by atoms with Gasteiger partial charge in [-0.3, -0.25) is 13.9 Å². The van der Waals surface area contributed by atoms with E-state index in [1.165, 1.54) is 25.9 Å². The Bertz CT molecular complexity index is 1260. The van der Waals surface area contributed by atoms with E-state index in [0.717, 1.165) is 44.5 Å². The molecule has 8 nitrogen and oxygen atoms in total. The fraction of sp³-hybridized carbons (Fsp3) is 0.353. The SMILES string of the molecule is Cn1c(=O)c2cn(S(=O)(=O)c3ccc4c(c3)CCCC4)nc2n(C)c1=O. The third-order valence-corrected chi connectivity index (χ3v) is 6.49. The van der Waals surface area contributed by atoms with Crippen molar-refractivity contribution in [2.45, 2.75) is 30.6 Å². The highest BCUT2D eigenvalue weighted by Crippen LogP contribution is 2.25. The summed E-state index contributed by atoms with van der Waals surface area (Å²) in [4.78, 5) is 24.4. The zero-order valence-electron chi connectivity index (χ0n) is 14.5. The van der Waals surface area contributed by atoms with Crippen LogP contribution in [0.1, 0.15) is 24.0 Å². The van der Waals surface area contributed by atoms with Crippen molar-refractivity contribution in [3.8, 4) is 0 Å². The molecule has 0 unspecified atom stereocenters. The number of benzene rings is 1. The number of aryl methyl sites for hydroxylation is 3. The van der Waals surface area contributed by atoms with Crippen molar-refractivity contribution in [1.82, 2.24) is 18.3 Å². The molecule has 0 radical (unpaired) electrons. The number of fused-ring (bicyclic) bond motifs is 2. The average molecular weight is 374 g/mol. The molecule has 1 aromatic carbocycles. The largest absolute Gasteiger partial charge is 0.332 e. The Balaban J connectivity index is 1.92. The van der Waals surface area contributed by atoms with Crippen molar-refractivity contribution in [1.29, 1.82) is 0 Å². The summed E-state index contributed by atoms with van der Waals surface area (Å²) in [7, 11) is -1.15. The van der Waals surface area contributed by atoms with Crippen LogP contribution in [0.3, 0.4) is 0 Å². The van der Waals surface area contributed by atoms with Gasteiger partial charge in [-0.05, 0) is 48.9 Å². The minimum atomic E-state index is -3.95. The predicted octanol–water partition coefficient (Wildman–Crippen LogP) is 0.549. The Morgan fingerprint density at radius 1 is 1.00 bits per heavy atom. The molecule has 1 aliphatic rings. The Kier molecular flexibility index (Phi) is 3.65. The van der Waals surface area contributed by atoms with Crippen LogP contribution in [-0.2, 0) is 37.0 Å². The highest BCUT2D eigenvalue weighted by atomic mass is 32.2. The molecule has 0 N–H and O–H groups in total. The Labute approximate surface area is 149 Å². The van der Waals surface area contributed by atoms with Gasteiger partial charge in [0.05, 0.1) is 11.1 Å². The van der Waals surface area contributed by atoms with Crippen LogP contribution in [0.4, 0.5) is 0 Å². The van der Waals surface area contributed by atoms with Gasteiger partial charge >= 0.3 is 5.69 Å². The van der Waals surface area contributed by atoms with Gasteiger partial charge in [-0.2, -0.15) is 12.5 Å². The minimum absolute atomic E-state index is 0.0413. The Morgan fingerprint density at radius 3 is 2.42 bits per heavy atom. The molecule has 0 fully saturated rings. The quantitative estimate of drug-likeness (QED) is 0.653. The molecule has 3 aromatic rings. The second-order valence-corrected chi connectivity index (χ2v) is 8.38. The fourth-order valence-electron chi connectivity index (χ4n) is 3.43. The van der Waals surface area contributed by atoms with E-state index in [0.29, 0.717) is 0 Å². The van der Waals surface area contributed by atoms with Crippen LogP contribution in [0.2, 0.25) is 0 Å². The first kappa shape index (κ1) is 16.8. The monoisotopic (exact) mass is 374 g/mol. The first-order valence-corrected chi connectivity index (χ1v) is 9.77. The first-order chi connectivity index (χ1) is 12.3. The van der Waals surface area contributed by atoms with E-state index in [1.54, 1.807) is 12.1 Å². The van der Waals surface area contributed by atoms with Gasteiger partial charge in [-0.1, -0.05) is 6.07 Å². The maximum atomic E-state index is 13.0. The van der Waals surface area contributed by atoms with Gasteiger partial charge < -0.3 is 0 Å². The summed E-state index contributed by atoms with van der Waals surface area (Å²) in [6, 6.07) is 5.11. The van der Waals surface area contributed by atoms with Gasteiger partial charge in [0.15, 0.2) is 5.65 Å². The lowest BCUT2D eigenvalue weighted by Gasteiger charge is -2.16. The molecule has 0 atom stereocenters. The first-order valence-electron chi connectivity index (χ1n) is 8.33. The third kappa shape index (κ3) is 2.34. The molecule has 26 heavy (non-hydrogen) atoms. The van der Waals surface area contributed by atoms with Crippen LogP contribution in [0.15, 0.2) is 38.9 Å². The number of hydrogen-bond acceptors (Lipinski definition) is 5. The van der Waals surface area contributed by atoms with Crippen LogP contribution in [0, 0.1) is 0 Å². The summed E-state index contributed by atoms with van der Waals surface area (Å²) in [5.41, 5.74) is 1.13. The fourth-order valence-corrected chi connectivity index (χ4v) is 4.60. The van der Waals surface area contributed by atoms with Gasteiger partial charge in [0.25, 0.3) is 15.6 Å². The summed E-state index contributed by atoms with van der Waals surface area (Å²) in [6.45, 7) is 0. The topological polar surface area (TPSA) is 96.0 Å². The van der Waals surface area contributed by atoms with Crippen molar-refractivity contribution in [2.24, 2.45) is 14.1 Å². The van der Waals surface area contributed by atoms with Crippen LogP contribution in [0.5, 0.6) is 0 Å². The number of rotatable bonds is 2. The van der Waals surface area contributed by atoms with Crippen molar-refractivity contribution in [3.63, 3.8) is 0 Å². The average Bonchev–Trinajstić information content (AvgIpc) is 3.10. The summed E-state index contributed by atoms with van der Waals surface area (Å²) >= 11 is 0. The molecule has 136 valence electrons. The second kappa shape index (κ2) is 5.66. The highest BCUT2D eigenvalue weighted by Gasteiger charge is 2.23. The lowest BCUT2D eigenvalue weighted by Crippen LogP contribution is -2.36. The zero-order valence-corrected chi connectivity index (χ0v) is 15.3. The molecular weight excluding hydrogens is 356 g/mol. The smallest absolute Gasteiger partial charge is 0.279 e. The molecular formula is C17H18N4O4S. The van der Waals surface area contributed by atoms with Crippen LogP contribution in [0.25, 0.3) is 11.0 Å². The van der Waals surface area contributed by atoms with E-state index in [1.807, 2.05) is 6.07 Å². The second-order valence-electron chi connectivity index (χ2n) is 6.59. The third-order valence-electron chi connectivity index (χ3n) is 4.96. The number of hydrogen-bond donors (Lipinski definition) is 0. The van der Waals surface area contributed by atoms with Crippen molar-refractivity contribution >= 4 is 21.1 Å². The molecule has 0 bridgehead atoms. The van der Waals surface area contributed by atoms with Crippen molar-refractivity contribution < 1.29 is 8.42 Å². The van der Waals surface area contributed by atoms with Gasteiger partial charge in [-0.15, -0.1) is 5.10 Å². The molecule has 0 saturated carbocycles. The molecule has 2 heterocycles. The van der Waals surface area contributed by atoms with Crippen molar-refractivity contribution in [3.05, 3.63) is 56.4 Å². The van der Waals surface area contributed by atoms with Gasteiger partial charge in [0.2, 0.25) is 0 Å². The normalized spacial score (nSPS) is 14.5. The zero-order chi connectivity index (χ0) is 18.6. The standard InChI is InChI=1S/C17H18N4O4S/c1-19-15-14(16(22)20(2)17(19)23)10-21(18-15)26(24,25)13-8-7-11-5-3-4-6-12(11)9-13/h7-10H,3-6H2,1-2H3.